The van der Waals surface area contributed by atoms with Gasteiger partial charge in [0.1, 0.15) is 0 Å². The number of rotatable bonds is 4. The molecule has 0 bridgehead atoms. The summed E-state index contributed by atoms with van der Waals surface area (Å²) in [6.07, 6.45) is 0. The molecule has 0 aliphatic heterocycles. The molecule has 1 rings (SSSR count). The maximum Gasteiger partial charge on any atom is 0.0542 e. The number of benzene rings is 1. The van der Waals surface area contributed by atoms with Crippen molar-refractivity contribution in [2.45, 2.75) is 23.6 Å². The Balaban J connectivity index is 2.83. The van der Waals surface area contributed by atoms with Crippen molar-refractivity contribution in [3.05, 3.63) is 23.2 Å². The Bertz CT molecular complexity index is 274. The highest BCUT2D eigenvalue weighted by molar-refractivity contribution is 8.00. The quantitative estimate of drug-likeness (QED) is 0.698. The fraction of sp³-hybridized carbons (Fsp3) is 0.400. The zero-order valence-electron chi connectivity index (χ0n) is 7.84. The van der Waals surface area contributed by atoms with E-state index in [0.29, 0.717) is 0 Å². The highest BCUT2D eigenvalue weighted by Gasteiger charge is 2.01. The summed E-state index contributed by atoms with van der Waals surface area (Å²) >= 11 is 9.69. The van der Waals surface area contributed by atoms with Gasteiger partial charge in [0, 0.05) is 9.79 Å². The highest BCUT2D eigenvalue weighted by Crippen LogP contribution is 2.31. The highest BCUT2D eigenvalue weighted by atomic mass is 35.5. The minimum atomic E-state index is 0.868. The van der Waals surface area contributed by atoms with Crippen LogP contribution in [-0.2, 0) is 0 Å². The van der Waals surface area contributed by atoms with E-state index >= 15 is 0 Å². The second-order valence-corrected chi connectivity index (χ2v) is 5.51. The summed E-state index contributed by atoms with van der Waals surface area (Å²) in [6.45, 7) is 4.30. The van der Waals surface area contributed by atoms with Crippen molar-refractivity contribution in [1.82, 2.24) is 0 Å². The van der Waals surface area contributed by atoms with Gasteiger partial charge < -0.3 is 0 Å². The molecule has 0 radical (unpaired) electrons. The molecule has 0 amide bonds. The van der Waals surface area contributed by atoms with Crippen LogP contribution in [0, 0.1) is 0 Å². The largest absolute Gasteiger partial charge is 0.126 e. The summed E-state index contributed by atoms with van der Waals surface area (Å²) in [4.78, 5) is 2.51. The molecule has 1 aromatic carbocycles. The number of hydrogen-bond acceptors (Lipinski definition) is 2. The minimum Gasteiger partial charge on any atom is -0.126 e. The van der Waals surface area contributed by atoms with Crippen LogP contribution in [0.4, 0.5) is 0 Å². The van der Waals surface area contributed by atoms with Crippen LogP contribution in [-0.4, -0.2) is 11.5 Å². The molecule has 3 heteroatoms. The molecule has 0 atom stereocenters. The first-order chi connectivity index (χ1) is 6.27. The topological polar surface area (TPSA) is 0 Å². The zero-order valence-corrected chi connectivity index (χ0v) is 10.2. The van der Waals surface area contributed by atoms with E-state index in [1.807, 2.05) is 17.8 Å². The van der Waals surface area contributed by atoms with Crippen LogP contribution in [0.2, 0.25) is 5.02 Å². The summed E-state index contributed by atoms with van der Waals surface area (Å²) in [5.74, 6) is 2.18. The summed E-state index contributed by atoms with van der Waals surface area (Å²) < 4.78 is 0. The second-order valence-electron chi connectivity index (χ2n) is 2.46. The van der Waals surface area contributed by atoms with Crippen LogP contribution in [0.3, 0.4) is 0 Å². The molecule has 0 spiro atoms. The molecule has 0 N–H and O–H groups in total. The normalized spacial score (nSPS) is 10.4. The molecule has 0 saturated carbocycles. The molecule has 0 aromatic heterocycles. The van der Waals surface area contributed by atoms with Gasteiger partial charge in [-0.15, -0.1) is 23.5 Å². The van der Waals surface area contributed by atoms with E-state index in [1.54, 1.807) is 11.8 Å². The molecule has 1 aromatic rings. The van der Waals surface area contributed by atoms with Crippen molar-refractivity contribution in [3.63, 3.8) is 0 Å². The Morgan fingerprint density at radius 2 is 1.85 bits per heavy atom. The van der Waals surface area contributed by atoms with Crippen molar-refractivity contribution in [2.24, 2.45) is 0 Å². The van der Waals surface area contributed by atoms with E-state index in [9.17, 15) is 0 Å². The summed E-state index contributed by atoms with van der Waals surface area (Å²) in [6, 6.07) is 6.23. The van der Waals surface area contributed by atoms with Gasteiger partial charge in [0.2, 0.25) is 0 Å². The lowest BCUT2D eigenvalue weighted by molar-refractivity contribution is 1.32. The lowest BCUT2D eigenvalue weighted by atomic mass is 10.4. The lowest BCUT2D eigenvalue weighted by Crippen LogP contribution is -1.78. The van der Waals surface area contributed by atoms with Gasteiger partial charge in [0.15, 0.2) is 0 Å². The summed E-state index contributed by atoms with van der Waals surface area (Å²) in [5.41, 5.74) is 0. The second kappa shape index (κ2) is 5.84. The third-order valence-corrected chi connectivity index (χ3v) is 3.77. The fourth-order valence-electron chi connectivity index (χ4n) is 1.01. The maximum atomic E-state index is 6.05. The fourth-order valence-corrected chi connectivity index (χ4v) is 2.79. The van der Waals surface area contributed by atoms with Crippen LogP contribution >= 0.6 is 35.1 Å². The van der Waals surface area contributed by atoms with E-state index in [0.717, 1.165) is 16.5 Å². The minimum absolute atomic E-state index is 0.868. The molecular weight excluding hydrogens is 220 g/mol. The Hall–Kier alpha value is 0.210. The first kappa shape index (κ1) is 11.3. The average molecular weight is 233 g/mol. The van der Waals surface area contributed by atoms with Gasteiger partial charge >= 0.3 is 0 Å². The molecule has 0 fully saturated rings. The maximum absolute atomic E-state index is 6.05. The SMILES string of the molecule is CCSc1ccc(Cl)c(SCC)c1. The zero-order chi connectivity index (χ0) is 9.68. The summed E-state index contributed by atoms with van der Waals surface area (Å²) in [7, 11) is 0. The van der Waals surface area contributed by atoms with E-state index in [2.05, 4.69) is 26.0 Å². The number of halogens is 1. The molecule has 0 nitrogen and oxygen atoms in total. The van der Waals surface area contributed by atoms with Gasteiger partial charge in [-0.3, -0.25) is 0 Å². The van der Waals surface area contributed by atoms with E-state index in [4.69, 9.17) is 11.6 Å². The van der Waals surface area contributed by atoms with Crippen LogP contribution < -0.4 is 0 Å². The first-order valence-corrected chi connectivity index (χ1v) is 6.68. The van der Waals surface area contributed by atoms with Crippen LogP contribution in [0.25, 0.3) is 0 Å². The van der Waals surface area contributed by atoms with Gasteiger partial charge in [-0.1, -0.05) is 25.4 Å². The van der Waals surface area contributed by atoms with Crippen molar-refractivity contribution in [2.75, 3.05) is 11.5 Å². The van der Waals surface area contributed by atoms with Gasteiger partial charge in [0.25, 0.3) is 0 Å². The van der Waals surface area contributed by atoms with E-state index < -0.39 is 0 Å². The van der Waals surface area contributed by atoms with Crippen LogP contribution in [0.1, 0.15) is 13.8 Å². The molecule has 0 aliphatic rings. The Kier molecular flexibility index (Phi) is 5.07. The molecule has 0 aliphatic carbocycles. The Morgan fingerprint density at radius 1 is 1.15 bits per heavy atom. The smallest absolute Gasteiger partial charge is 0.0542 e. The van der Waals surface area contributed by atoms with Crippen molar-refractivity contribution >= 4 is 35.1 Å². The monoisotopic (exact) mass is 232 g/mol. The van der Waals surface area contributed by atoms with Crippen molar-refractivity contribution < 1.29 is 0 Å². The molecular formula is C10H13ClS2. The number of thioether (sulfide) groups is 2. The molecule has 0 unspecified atom stereocenters. The lowest BCUT2D eigenvalue weighted by Gasteiger charge is -2.04. The Morgan fingerprint density at radius 3 is 2.46 bits per heavy atom. The Labute approximate surface area is 93.4 Å². The van der Waals surface area contributed by atoms with Gasteiger partial charge in [-0.25, -0.2) is 0 Å². The molecule has 13 heavy (non-hydrogen) atoms. The van der Waals surface area contributed by atoms with Crippen LogP contribution in [0.5, 0.6) is 0 Å². The predicted octanol–water partition coefficient (Wildman–Crippen LogP) is 4.56. The molecule has 0 saturated heterocycles. The average Bonchev–Trinajstić information content (AvgIpc) is 2.12. The van der Waals surface area contributed by atoms with Gasteiger partial charge in [-0.2, -0.15) is 0 Å². The van der Waals surface area contributed by atoms with E-state index in [1.165, 1.54) is 9.79 Å². The molecule has 0 heterocycles. The first-order valence-electron chi connectivity index (χ1n) is 4.33. The predicted molar refractivity (Wildman–Crippen MR) is 64.2 cm³/mol. The van der Waals surface area contributed by atoms with Crippen molar-refractivity contribution in [3.8, 4) is 0 Å². The van der Waals surface area contributed by atoms with Gasteiger partial charge in [0.05, 0.1) is 5.02 Å². The standard InChI is InChI=1S/C10H13ClS2/c1-3-12-8-5-6-9(11)10(7-8)13-4-2/h5-7H,3-4H2,1-2H3. The number of hydrogen-bond donors (Lipinski definition) is 0. The van der Waals surface area contributed by atoms with Crippen molar-refractivity contribution in [1.29, 1.82) is 0 Å². The third kappa shape index (κ3) is 3.45. The summed E-state index contributed by atoms with van der Waals surface area (Å²) in [5, 5.41) is 0.868. The molecule has 72 valence electrons. The van der Waals surface area contributed by atoms with Crippen LogP contribution in [0.15, 0.2) is 28.0 Å². The van der Waals surface area contributed by atoms with Gasteiger partial charge in [-0.05, 0) is 29.7 Å². The van der Waals surface area contributed by atoms with E-state index in [-0.39, 0.29) is 0 Å². The third-order valence-electron chi connectivity index (χ3n) is 1.51.